The largest absolute Gasteiger partial charge is 0.310 e. The van der Waals surface area contributed by atoms with Gasteiger partial charge in [0.05, 0.1) is 4.92 Å². The van der Waals surface area contributed by atoms with Gasteiger partial charge in [-0.15, -0.1) is 0 Å². The standard InChI is InChI=1S/C14H21ClN2O2/c1-3-4-5-6-11(2)16-10-12-9-13(15)7-8-14(12)17(18)19/h7-9,11,16H,3-6,10H2,1-2H3. The van der Waals surface area contributed by atoms with Crippen molar-refractivity contribution < 1.29 is 4.92 Å². The highest BCUT2D eigenvalue weighted by molar-refractivity contribution is 6.30. The fourth-order valence-electron chi connectivity index (χ4n) is 1.96. The molecule has 0 aliphatic heterocycles. The Balaban J connectivity index is 2.56. The molecule has 1 aromatic carbocycles. The van der Waals surface area contributed by atoms with Crippen LogP contribution in [0.15, 0.2) is 18.2 Å². The maximum Gasteiger partial charge on any atom is 0.273 e. The molecule has 0 aliphatic rings. The molecule has 0 heterocycles. The van der Waals surface area contributed by atoms with Gasteiger partial charge in [-0.1, -0.05) is 37.8 Å². The summed E-state index contributed by atoms with van der Waals surface area (Å²) in [6.45, 7) is 4.75. The van der Waals surface area contributed by atoms with Crippen molar-refractivity contribution in [3.8, 4) is 0 Å². The number of hydrogen-bond acceptors (Lipinski definition) is 3. The van der Waals surface area contributed by atoms with Crippen molar-refractivity contribution in [2.45, 2.75) is 52.1 Å². The van der Waals surface area contributed by atoms with E-state index in [9.17, 15) is 10.1 Å². The van der Waals surface area contributed by atoms with Crippen LogP contribution in [0, 0.1) is 10.1 Å². The van der Waals surface area contributed by atoms with E-state index in [1.807, 2.05) is 0 Å². The zero-order valence-electron chi connectivity index (χ0n) is 11.5. The molecule has 1 rings (SSSR count). The summed E-state index contributed by atoms with van der Waals surface area (Å²) in [4.78, 5) is 10.6. The number of nitrogens with zero attached hydrogens (tertiary/aromatic N) is 1. The fourth-order valence-corrected chi connectivity index (χ4v) is 2.16. The minimum Gasteiger partial charge on any atom is -0.310 e. The molecule has 1 unspecified atom stereocenters. The van der Waals surface area contributed by atoms with E-state index < -0.39 is 0 Å². The summed E-state index contributed by atoms with van der Waals surface area (Å²) in [6.07, 6.45) is 4.69. The molecule has 0 saturated carbocycles. The van der Waals surface area contributed by atoms with Crippen LogP contribution in [0.1, 0.15) is 45.1 Å². The minimum atomic E-state index is -0.366. The summed E-state index contributed by atoms with van der Waals surface area (Å²) in [7, 11) is 0. The molecule has 0 amide bonds. The highest BCUT2D eigenvalue weighted by Crippen LogP contribution is 2.22. The first-order chi connectivity index (χ1) is 9.04. The second-order valence-corrected chi connectivity index (χ2v) is 5.24. The van der Waals surface area contributed by atoms with Crippen molar-refractivity contribution in [2.75, 3.05) is 0 Å². The van der Waals surface area contributed by atoms with Gasteiger partial charge in [0, 0.05) is 29.2 Å². The number of halogens is 1. The molecule has 0 radical (unpaired) electrons. The molecular formula is C14H21ClN2O2. The summed E-state index contributed by atoms with van der Waals surface area (Å²) in [5.74, 6) is 0. The smallest absolute Gasteiger partial charge is 0.273 e. The van der Waals surface area contributed by atoms with Crippen LogP contribution in [0.3, 0.4) is 0 Å². The Hall–Kier alpha value is -1.13. The molecule has 5 heteroatoms. The van der Waals surface area contributed by atoms with E-state index >= 15 is 0 Å². The van der Waals surface area contributed by atoms with Crippen LogP contribution in [0.25, 0.3) is 0 Å². The van der Waals surface area contributed by atoms with Crippen LogP contribution in [-0.2, 0) is 6.54 Å². The van der Waals surface area contributed by atoms with Gasteiger partial charge in [-0.3, -0.25) is 10.1 Å². The molecule has 1 N–H and O–H groups in total. The zero-order chi connectivity index (χ0) is 14.3. The molecule has 19 heavy (non-hydrogen) atoms. The second kappa shape index (κ2) is 8.12. The van der Waals surface area contributed by atoms with Gasteiger partial charge >= 0.3 is 0 Å². The first-order valence-corrected chi connectivity index (χ1v) is 7.08. The van der Waals surface area contributed by atoms with Crippen LogP contribution in [-0.4, -0.2) is 11.0 Å². The SMILES string of the molecule is CCCCCC(C)NCc1cc(Cl)ccc1[N+](=O)[O-]. The lowest BCUT2D eigenvalue weighted by molar-refractivity contribution is -0.385. The summed E-state index contributed by atoms with van der Waals surface area (Å²) < 4.78 is 0. The summed E-state index contributed by atoms with van der Waals surface area (Å²) in [6, 6.07) is 5.02. The average molecular weight is 285 g/mol. The zero-order valence-corrected chi connectivity index (χ0v) is 12.2. The first kappa shape index (κ1) is 15.9. The molecule has 0 fully saturated rings. The van der Waals surface area contributed by atoms with Gasteiger partial charge in [-0.2, -0.15) is 0 Å². The second-order valence-electron chi connectivity index (χ2n) is 4.81. The Bertz CT molecular complexity index is 424. The van der Waals surface area contributed by atoms with Crippen molar-refractivity contribution in [3.63, 3.8) is 0 Å². The third-order valence-electron chi connectivity index (χ3n) is 3.12. The van der Waals surface area contributed by atoms with E-state index in [1.165, 1.54) is 25.3 Å². The van der Waals surface area contributed by atoms with Crippen LogP contribution in [0.2, 0.25) is 5.02 Å². The van der Waals surface area contributed by atoms with Crippen LogP contribution in [0.5, 0.6) is 0 Å². The van der Waals surface area contributed by atoms with Crippen molar-refractivity contribution in [3.05, 3.63) is 38.9 Å². The molecule has 1 atom stereocenters. The van der Waals surface area contributed by atoms with Crippen LogP contribution >= 0.6 is 11.6 Å². The van der Waals surface area contributed by atoms with Crippen molar-refractivity contribution in [1.82, 2.24) is 5.32 Å². The highest BCUT2D eigenvalue weighted by Gasteiger charge is 2.14. The summed E-state index contributed by atoms with van der Waals surface area (Å²) in [5, 5.41) is 14.8. The molecule has 0 saturated heterocycles. The Morgan fingerprint density at radius 3 is 2.79 bits per heavy atom. The predicted molar refractivity (Wildman–Crippen MR) is 78.6 cm³/mol. The highest BCUT2D eigenvalue weighted by atomic mass is 35.5. The maximum atomic E-state index is 10.9. The van der Waals surface area contributed by atoms with Gasteiger partial charge in [0.1, 0.15) is 0 Å². The number of nitrogens with one attached hydrogen (secondary N) is 1. The van der Waals surface area contributed by atoms with E-state index in [0.717, 1.165) is 6.42 Å². The topological polar surface area (TPSA) is 55.2 Å². The predicted octanol–water partition coefficient (Wildman–Crippen LogP) is 4.31. The molecule has 0 spiro atoms. The Morgan fingerprint density at radius 1 is 1.42 bits per heavy atom. The monoisotopic (exact) mass is 284 g/mol. The van der Waals surface area contributed by atoms with E-state index in [0.29, 0.717) is 23.2 Å². The number of hydrogen-bond donors (Lipinski definition) is 1. The third kappa shape index (κ3) is 5.57. The molecule has 0 aliphatic carbocycles. The quantitative estimate of drug-likeness (QED) is 0.440. The average Bonchev–Trinajstić information content (AvgIpc) is 2.36. The van der Waals surface area contributed by atoms with Gasteiger partial charge in [-0.25, -0.2) is 0 Å². The van der Waals surface area contributed by atoms with E-state index in [2.05, 4.69) is 19.2 Å². The lowest BCUT2D eigenvalue weighted by Crippen LogP contribution is -2.25. The Labute approximate surface area is 119 Å². The lowest BCUT2D eigenvalue weighted by atomic mass is 10.1. The molecule has 4 nitrogen and oxygen atoms in total. The molecule has 0 bridgehead atoms. The van der Waals surface area contributed by atoms with E-state index in [-0.39, 0.29) is 10.6 Å². The Kier molecular flexibility index (Phi) is 6.81. The van der Waals surface area contributed by atoms with Gasteiger partial charge in [0.15, 0.2) is 0 Å². The van der Waals surface area contributed by atoms with Crippen LogP contribution < -0.4 is 5.32 Å². The van der Waals surface area contributed by atoms with Gasteiger partial charge < -0.3 is 5.32 Å². The van der Waals surface area contributed by atoms with Gasteiger partial charge in [-0.05, 0) is 25.5 Å². The lowest BCUT2D eigenvalue weighted by Gasteiger charge is -2.13. The van der Waals surface area contributed by atoms with Crippen molar-refractivity contribution in [2.24, 2.45) is 0 Å². The number of nitro groups is 1. The molecule has 0 aromatic heterocycles. The third-order valence-corrected chi connectivity index (χ3v) is 3.36. The van der Waals surface area contributed by atoms with E-state index in [1.54, 1.807) is 12.1 Å². The van der Waals surface area contributed by atoms with Crippen molar-refractivity contribution in [1.29, 1.82) is 0 Å². The number of rotatable bonds is 8. The normalized spacial score (nSPS) is 12.4. The first-order valence-electron chi connectivity index (χ1n) is 6.70. The summed E-state index contributed by atoms with van der Waals surface area (Å²) >= 11 is 5.89. The minimum absolute atomic E-state index is 0.123. The number of benzene rings is 1. The van der Waals surface area contributed by atoms with Crippen LogP contribution in [0.4, 0.5) is 5.69 Å². The van der Waals surface area contributed by atoms with Gasteiger partial charge in [0.2, 0.25) is 0 Å². The van der Waals surface area contributed by atoms with E-state index in [4.69, 9.17) is 11.6 Å². The molecular weight excluding hydrogens is 264 g/mol. The summed E-state index contributed by atoms with van der Waals surface area (Å²) in [5.41, 5.74) is 0.762. The molecule has 106 valence electrons. The van der Waals surface area contributed by atoms with Crippen molar-refractivity contribution >= 4 is 17.3 Å². The fraction of sp³-hybridized carbons (Fsp3) is 0.571. The maximum absolute atomic E-state index is 10.9. The molecule has 1 aromatic rings. The van der Waals surface area contributed by atoms with Gasteiger partial charge in [0.25, 0.3) is 5.69 Å². The number of nitro benzene ring substituents is 1. The number of unbranched alkanes of at least 4 members (excludes halogenated alkanes) is 2. The Morgan fingerprint density at radius 2 is 2.16 bits per heavy atom.